The van der Waals surface area contributed by atoms with Gasteiger partial charge in [-0.05, 0) is 70.0 Å². The van der Waals surface area contributed by atoms with Crippen molar-refractivity contribution in [1.29, 1.82) is 0 Å². The molecule has 0 aromatic heterocycles. The Kier molecular flexibility index (Phi) is 8.24. The van der Waals surface area contributed by atoms with Gasteiger partial charge >= 0.3 is 0 Å². The first kappa shape index (κ1) is 23.3. The summed E-state index contributed by atoms with van der Waals surface area (Å²) >= 11 is 9.44. The molecule has 0 aliphatic rings. The number of rotatable bonds is 8. The monoisotopic (exact) mass is 515 g/mol. The first-order valence-electron chi connectivity index (χ1n) is 9.40. The Bertz CT molecular complexity index is 1150. The summed E-state index contributed by atoms with van der Waals surface area (Å²) in [5.41, 5.74) is 4.13. The number of nitrogens with zero attached hydrogens (tertiary/aromatic N) is 1. The number of benzene rings is 3. The second kappa shape index (κ2) is 11.3. The number of hydrogen-bond acceptors (Lipinski definition) is 5. The van der Waals surface area contributed by atoms with Crippen LogP contribution < -0.4 is 20.2 Å². The molecule has 7 nitrogen and oxygen atoms in total. The van der Waals surface area contributed by atoms with Crippen LogP contribution in [0.15, 0.2) is 76.3 Å². The minimum absolute atomic E-state index is 0.187. The second-order valence-electron chi connectivity index (χ2n) is 6.44. The minimum Gasteiger partial charge on any atom is -0.497 e. The van der Waals surface area contributed by atoms with E-state index in [0.717, 1.165) is 5.56 Å². The number of hydrogen-bond donors (Lipinski definition) is 2. The van der Waals surface area contributed by atoms with Gasteiger partial charge in [-0.2, -0.15) is 5.10 Å². The van der Waals surface area contributed by atoms with Gasteiger partial charge in [0.15, 0.2) is 6.61 Å². The zero-order valence-corrected chi connectivity index (χ0v) is 19.3. The molecule has 0 saturated heterocycles. The van der Waals surface area contributed by atoms with E-state index in [1.54, 1.807) is 66.7 Å². The van der Waals surface area contributed by atoms with Crippen LogP contribution in [0.4, 0.5) is 5.69 Å². The van der Waals surface area contributed by atoms with E-state index in [0.29, 0.717) is 32.2 Å². The van der Waals surface area contributed by atoms with E-state index in [1.807, 2.05) is 0 Å². The van der Waals surface area contributed by atoms with Crippen molar-refractivity contribution in [2.45, 2.75) is 0 Å². The van der Waals surface area contributed by atoms with Crippen LogP contribution in [0, 0.1) is 0 Å². The summed E-state index contributed by atoms with van der Waals surface area (Å²) in [5, 5.41) is 7.11. The number of hydrazone groups is 1. The number of ether oxygens (including phenoxy) is 2. The number of carbonyl (C=O) groups excluding carboxylic acids is 2. The number of methoxy groups -OCH3 is 1. The van der Waals surface area contributed by atoms with Gasteiger partial charge in [-0.25, -0.2) is 5.43 Å². The van der Waals surface area contributed by atoms with Crippen molar-refractivity contribution in [3.63, 3.8) is 0 Å². The molecule has 0 bridgehead atoms. The Labute approximate surface area is 198 Å². The summed E-state index contributed by atoms with van der Waals surface area (Å²) in [6.45, 7) is -0.187. The summed E-state index contributed by atoms with van der Waals surface area (Å²) in [6, 6.07) is 18.9. The van der Waals surface area contributed by atoms with Crippen molar-refractivity contribution in [2.75, 3.05) is 19.0 Å². The number of para-hydroxylation sites is 1. The predicted molar refractivity (Wildman–Crippen MR) is 128 cm³/mol. The third-order valence-electron chi connectivity index (χ3n) is 4.17. The van der Waals surface area contributed by atoms with Crippen LogP contribution in [0.25, 0.3) is 0 Å². The van der Waals surface area contributed by atoms with Crippen molar-refractivity contribution in [3.05, 3.63) is 87.4 Å². The maximum Gasteiger partial charge on any atom is 0.271 e. The van der Waals surface area contributed by atoms with Crippen molar-refractivity contribution in [2.24, 2.45) is 5.10 Å². The topological polar surface area (TPSA) is 89.0 Å². The number of carbonyl (C=O) groups is 2. The van der Waals surface area contributed by atoms with Crippen molar-refractivity contribution in [3.8, 4) is 11.5 Å². The molecule has 0 aliphatic carbocycles. The molecule has 3 aromatic rings. The van der Waals surface area contributed by atoms with Gasteiger partial charge in [-0.3, -0.25) is 9.59 Å². The lowest BCUT2D eigenvalue weighted by Gasteiger charge is -2.10. The first-order valence-corrected chi connectivity index (χ1v) is 10.6. The largest absolute Gasteiger partial charge is 0.497 e. The average molecular weight is 517 g/mol. The zero-order chi connectivity index (χ0) is 22.9. The molecule has 9 heteroatoms. The van der Waals surface area contributed by atoms with Gasteiger partial charge < -0.3 is 14.8 Å². The summed E-state index contributed by atoms with van der Waals surface area (Å²) in [4.78, 5) is 24.3. The molecule has 164 valence electrons. The summed E-state index contributed by atoms with van der Waals surface area (Å²) < 4.78 is 11.3. The Morgan fingerprint density at radius 2 is 1.91 bits per heavy atom. The summed E-state index contributed by atoms with van der Waals surface area (Å²) in [6.07, 6.45) is 1.50. The number of amides is 2. The van der Waals surface area contributed by atoms with Crippen LogP contribution in [0.3, 0.4) is 0 Å². The number of nitrogens with one attached hydrogen (secondary N) is 2. The zero-order valence-electron chi connectivity index (χ0n) is 17.0. The highest BCUT2D eigenvalue weighted by molar-refractivity contribution is 9.10. The van der Waals surface area contributed by atoms with Gasteiger partial charge in [0.05, 0.1) is 28.5 Å². The highest BCUT2D eigenvalue weighted by Gasteiger charge is 2.09. The third-order valence-corrected chi connectivity index (χ3v) is 5.12. The van der Waals surface area contributed by atoms with Crippen LogP contribution in [0.2, 0.25) is 5.02 Å². The number of anilines is 1. The average Bonchev–Trinajstić information content (AvgIpc) is 2.80. The molecule has 3 rings (SSSR count). The quantitative estimate of drug-likeness (QED) is 0.329. The third kappa shape index (κ3) is 6.57. The van der Waals surface area contributed by atoms with Crippen LogP contribution in [-0.2, 0) is 4.79 Å². The molecule has 0 atom stereocenters. The smallest absolute Gasteiger partial charge is 0.271 e. The van der Waals surface area contributed by atoms with E-state index in [1.165, 1.54) is 13.3 Å². The lowest BCUT2D eigenvalue weighted by Crippen LogP contribution is -2.20. The SMILES string of the molecule is COc1cccc(C(=O)N/N=C/c2ccc(OCC(=O)Nc3ccccc3Cl)c(Br)c2)c1. The minimum atomic E-state index is -0.358. The van der Waals surface area contributed by atoms with Gasteiger partial charge in [0.25, 0.3) is 11.8 Å². The van der Waals surface area contributed by atoms with E-state index in [-0.39, 0.29) is 18.4 Å². The van der Waals surface area contributed by atoms with Gasteiger partial charge in [0, 0.05) is 5.56 Å². The highest BCUT2D eigenvalue weighted by Crippen LogP contribution is 2.26. The normalized spacial score (nSPS) is 10.6. The van der Waals surface area contributed by atoms with Crippen LogP contribution >= 0.6 is 27.5 Å². The Morgan fingerprint density at radius 1 is 1.09 bits per heavy atom. The summed E-state index contributed by atoms with van der Waals surface area (Å²) in [7, 11) is 1.53. The molecule has 0 heterocycles. The maximum atomic E-state index is 12.2. The van der Waals surface area contributed by atoms with E-state index >= 15 is 0 Å². The van der Waals surface area contributed by atoms with Gasteiger partial charge in [-0.1, -0.05) is 29.8 Å². The lowest BCUT2D eigenvalue weighted by atomic mass is 10.2. The molecular weight excluding hydrogens is 498 g/mol. The first-order chi connectivity index (χ1) is 15.5. The van der Waals surface area contributed by atoms with E-state index in [4.69, 9.17) is 21.1 Å². The fourth-order valence-electron chi connectivity index (χ4n) is 2.60. The molecule has 2 N–H and O–H groups in total. The number of halogens is 2. The molecule has 0 saturated carbocycles. The van der Waals surface area contributed by atoms with Crippen LogP contribution in [0.1, 0.15) is 15.9 Å². The van der Waals surface area contributed by atoms with Gasteiger partial charge in [0.2, 0.25) is 0 Å². The molecule has 0 spiro atoms. The van der Waals surface area contributed by atoms with E-state index < -0.39 is 0 Å². The van der Waals surface area contributed by atoms with Crippen LogP contribution in [-0.4, -0.2) is 31.7 Å². The predicted octanol–water partition coefficient (Wildman–Crippen LogP) is 4.89. The van der Waals surface area contributed by atoms with Crippen LogP contribution in [0.5, 0.6) is 11.5 Å². The maximum absolute atomic E-state index is 12.2. The standard InChI is InChI=1S/C23H19BrClN3O4/c1-31-17-6-4-5-16(12-17)23(30)28-26-13-15-9-10-21(18(24)11-15)32-14-22(29)27-20-8-3-2-7-19(20)25/h2-13H,14H2,1H3,(H,27,29)(H,28,30)/b26-13+. The fraction of sp³-hybridized carbons (Fsp3) is 0.0870. The lowest BCUT2D eigenvalue weighted by molar-refractivity contribution is -0.118. The molecule has 2 amide bonds. The Balaban J connectivity index is 1.53. The van der Waals surface area contributed by atoms with E-state index in [2.05, 4.69) is 31.8 Å². The summed E-state index contributed by atoms with van der Waals surface area (Å²) in [5.74, 6) is 0.373. The molecular formula is C23H19BrClN3O4. The second-order valence-corrected chi connectivity index (χ2v) is 7.70. The van der Waals surface area contributed by atoms with Crippen molar-refractivity contribution < 1.29 is 19.1 Å². The fourth-order valence-corrected chi connectivity index (χ4v) is 3.29. The Hall–Kier alpha value is -3.36. The van der Waals surface area contributed by atoms with E-state index in [9.17, 15) is 9.59 Å². The van der Waals surface area contributed by atoms with Crippen molar-refractivity contribution in [1.82, 2.24) is 5.43 Å². The molecule has 0 radical (unpaired) electrons. The van der Waals surface area contributed by atoms with Crippen molar-refractivity contribution >= 4 is 51.2 Å². The van der Waals surface area contributed by atoms with Gasteiger partial charge in [-0.15, -0.1) is 0 Å². The highest BCUT2D eigenvalue weighted by atomic mass is 79.9. The molecule has 3 aromatic carbocycles. The molecule has 0 fully saturated rings. The molecule has 0 aliphatic heterocycles. The Morgan fingerprint density at radius 3 is 2.66 bits per heavy atom. The molecule has 32 heavy (non-hydrogen) atoms. The van der Waals surface area contributed by atoms with Gasteiger partial charge in [0.1, 0.15) is 11.5 Å². The molecule has 0 unspecified atom stereocenters.